The van der Waals surface area contributed by atoms with Gasteiger partial charge in [0, 0.05) is 0 Å². The molecule has 0 saturated heterocycles. The molecule has 2 unspecified atom stereocenters. The average molecular weight is 146 g/mol. The van der Waals surface area contributed by atoms with Gasteiger partial charge in [-0.25, -0.2) is 8.78 Å². The van der Waals surface area contributed by atoms with Gasteiger partial charge in [-0.05, 0) is 13.0 Å². The first-order valence-electron chi connectivity index (χ1n) is 2.96. The Balaban J connectivity index is 2.93. The Kier molecular flexibility index (Phi) is 1.60. The summed E-state index contributed by atoms with van der Waals surface area (Å²) in [7, 11) is 0. The van der Waals surface area contributed by atoms with Crippen molar-refractivity contribution in [3.8, 4) is 0 Å². The van der Waals surface area contributed by atoms with Crippen molar-refractivity contribution in [2.75, 3.05) is 0 Å². The molecule has 0 aromatic heterocycles. The summed E-state index contributed by atoms with van der Waals surface area (Å²) in [6.45, 7) is 1.01. The van der Waals surface area contributed by atoms with Crippen molar-refractivity contribution >= 4 is 0 Å². The van der Waals surface area contributed by atoms with Crippen molar-refractivity contribution in [1.82, 2.24) is 0 Å². The van der Waals surface area contributed by atoms with Crippen LogP contribution in [0.5, 0.6) is 0 Å². The number of allylic oxidation sites excluding steroid dienone is 2. The average Bonchev–Trinajstić information content (AvgIpc) is 1.84. The zero-order valence-electron chi connectivity index (χ0n) is 5.51. The van der Waals surface area contributed by atoms with E-state index in [1.165, 1.54) is 12.2 Å². The van der Waals surface area contributed by atoms with Crippen LogP contribution < -0.4 is 0 Å². The maximum atomic E-state index is 12.9. The second-order valence-corrected chi connectivity index (χ2v) is 2.42. The molecule has 3 heteroatoms. The summed E-state index contributed by atoms with van der Waals surface area (Å²) < 4.78 is 25.4. The molecular formula is C7H8F2O. The van der Waals surface area contributed by atoms with Crippen molar-refractivity contribution in [3.63, 3.8) is 0 Å². The SMILES string of the molecule is CC1(F)C(F)=CC=CC1O. The topological polar surface area (TPSA) is 20.2 Å². The highest BCUT2D eigenvalue weighted by Crippen LogP contribution is 2.30. The third-order valence-corrected chi connectivity index (χ3v) is 1.56. The van der Waals surface area contributed by atoms with Crippen molar-refractivity contribution in [1.29, 1.82) is 0 Å². The Morgan fingerprint density at radius 1 is 1.70 bits per heavy atom. The third-order valence-electron chi connectivity index (χ3n) is 1.56. The Morgan fingerprint density at radius 3 is 2.70 bits per heavy atom. The van der Waals surface area contributed by atoms with Crippen LogP contribution in [-0.4, -0.2) is 16.9 Å². The fourth-order valence-corrected chi connectivity index (χ4v) is 0.730. The lowest BCUT2D eigenvalue weighted by Crippen LogP contribution is -2.35. The standard InChI is InChI=1S/C7H8F2O/c1-7(9)5(8)3-2-4-6(7)10/h2-4,6,10H,1H3. The van der Waals surface area contributed by atoms with Gasteiger partial charge in [-0.3, -0.25) is 0 Å². The molecule has 0 fully saturated rings. The van der Waals surface area contributed by atoms with E-state index in [0.717, 1.165) is 13.0 Å². The zero-order valence-corrected chi connectivity index (χ0v) is 5.51. The summed E-state index contributed by atoms with van der Waals surface area (Å²) in [4.78, 5) is 0. The van der Waals surface area contributed by atoms with Crippen molar-refractivity contribution in [3.05, 3.63) is 24.1 Å². The number of hydrogen-bond acceptors (Lipinski definition) is 1. The van der Waals surface area contributed by atoms with E-state index >= 15 is 0 Å². The van der Waals surface area contributed by atoms with Crippen LogP contribution in [0.1, 0.15) is 6.92 Å². The zero-order chi connectivity index (χ0) is 7.78. The quantitative estimate of drug-likeness (QED) is 0.549. The molecule has 1 N–H and O–H groups in total. The van der Waals surface area contributed by atoms with E-state index < -0.39 is 17.6 Å². The van der Waals surface area contributed by atoms with Gasteiger partial charge < -0.3 is 5.11 Å². The summed E-state index contributed by atoms with van der Waals surface area (Å²) in [5.74, 6) is -0.928. The Hall–Kier alpha value is -0.700. The van der Waals surface area contributed by atoms with Gasteiger partial charge in [-0.1, -0.05) is 12.2 Å². The Morgan fingerprint density at radius 2 is 2.30 bits per heavy atom. The molecule has 0 heterocycles. The molecule has 10 heavy (non-hydrogen) atoms. The summed E-state index contributed by atoms with van der Waals surface area (Å²) >= 11 is 0. The minimum atomic E-state index is -2.24. The fraction of sp³-hybridized carbons (Fsp3) is 0.429. The van der Waals surface area contributed by atoms with E-state index in [1.54, 1.807) is 0 Å². The highest BCUT2D eigenvalue weighted by molar-refractivity contribution is 5.26. The molecule has 0 radical (unpaired) electrons. The molecule has 1 nitrogen and oxygen atoms in total. The van der Waals surface area contributed by atoms with E-state index in [4.69, 9.17) is 5.11 Å². The number of aliphatic hydroxyl groups is 1. The lowest BCUT2D eigenvalue weighted by atomic mass is 9.95. The van der Waals surface area contributed by atoms with Gasteiger partial charge in [-0.15, -0.1) is 0 Å². The first kappa shape index (κ1) is 7.41. The number of hydrogen-bond donors (Lipinski definition) is 1. The summed E-state index contributed by atoms with van der Waals surface area (Å²) in [5, 5.41) is 8.86. The van der Waals surface area contributed by atoms with E-state index in [1.807, 2.05) is 0 Å². The summed E-state index contributed by atoms with van der Waals surface area (Å²) in [6, 6.07) is 0. The minimum absolute atomic E-state index is 0.928. The lowest BCUT2D eigenvalue weighted by Gasteiger charge is -2.24. The largest absolute Gasteiger partial charge is 0.385 e. The highest BCUT2D eigenvalue weighted by Gasteiger charge is 2.37. The van der Waals surface area contributed by atoms with Crippen LogP contribution in [0.4, 0.5) is 8.78 Å². The third kappa shape index (κ3) is 0.968. The van der Waals surface area contributed by atoms with E-state index in [2.05, 4.69) is 0 Å². The lowest BCUT2D eigenvalue weighted by molar-refractivity contribution is 0.0451. The van der Waals surface area contributed by atoms with E-state index in [-0.39, 0.29) is 0 Å². The van der Waals surface area contributed by atoms with Gasteiger partial charge >= 0.3 is 0 Å². The first-order valence-corrected chi connectivity index (χ1v) is 2.96. The van der Waals surface area contributed by atoms with Crippen LogP contribution in [0.25, 0.3) is 0 Å². The highest BCUT2D eigenvalue weighted by atomic mass is 19.2. The second-order valence-electron chi connectivity index (χ2n) is 2.42. The van der Waals surface area contributed by atoms with Gasteiger partial charge in [-0.2, -0.15) is 0 Å². The van der Waals surface area contributed by atoms with Crippen molar-refractivity contribution in [2.45, 2.75) is 18.7 Å². The second kappa shape index (κ2) is 2.16. The monoisotopic (exact) mass is 146 g/mol. The molecule has 0 aromatic carbocycles. The Bertz CT molecular complexity index is 194. The van der Waals surface area contributed by atoms with E-state index in [9.17, 15) is 8.78 Å². The minimum Gasteiger partial charge on any atom is -0.385 e. The van der Waals surface area contributed by atoms with Gasteiger partial charge in [0.1, 0.15) is 11.9 Å². The molecule has 0 spiro atoms. The van der Waals surface area contributed by atoms with Gasteiger partial charge in [0.25, 0.3) is 0 Å². The molecule has 0 aliphatic heterocycles. The molecule has 1 rings (SSSR count). The van der Waals surface area contributed by atoms with Crippen molar-refractivity contribution < 1.29 is 13.9 Å². The molecule has 0 aromatic rings. The molecule has 1 aliphatic carbocycles. The van der Waals surface area contributed by atoms with Crippen LogP contribution in [0, 0.1) is 0 Å². The smallest absolute Gasteiger partial charge is 0.188 e. The number of rotatable bonds is 0. The molecule has 0 amide bonds. The molecule has 0 saturated carbocycles. The molecular weight excluding hydrogens is 138 g/mol. The molecule has 2 atom stereocenters. The van der Waals surface area contributed by atoms with E-state index in [0.29, 0.717) is 0 Å². The van der Waals surface area contributed by atoms with Gasteiger partial charge in [0.2, 0.25) is 0 Å². The van der Waals surface area contributed by atoms with Crippen LogP contribution in [-0.2, 0) is 0 Å². The number of aliphatic hydroxyl groups excluding tert-OH is 1. The van der Waals surface area contributed by atoms with Gasteiger partial charge in [0.15, 0.2) is 5.67 Å². The molecule has 0 bridgehead atoms. The maximum absolute atomic E-state index is 12.9. The van der Waals surface area contributed by atoms with Gasteiger partial charge in [0.05, 0.1) is 0 Å². The maximum Gasteiger partial charge on any atom is 0.188 e. The fourth-order valence-electron chi connectivity index (χ4n) is 0.730. The Labute approximate surface area is 57.7 Å². The summed E-state index contributed by atoms with van der Waals surface area (Å²) in [6.07, 6.45) is 2.15. The predicted octanol–water partition coefficient (Wildman–Crippen LogP) is 1.50. The predicted molar refractivity (Wildman–Crippen MR) is 33.9 cm³/mol. The van der Waals surface area contributed by atoms with Crippen LogP contribution in [0.2, 0.25) is 0 Å². The molecule has 56 valence electrons. The summed E-state index contributed by atoms with van der Waals surface area (Å²) in [5.41, 5.74) is -2.24. The molecule has 1 aliphatic rings. The van der Waals surface area contributed by atoms with Crippen LogP contribution >= 0.6 is 0 Å². The normalized spacial score (nSPS) is 39.6. The number of alkyl halides is 1. The van der Waals surface area contributed by atoms with Crippen molar-refractivity contribution in [2.24, 2.45) is 0 Å². The van der Waals surface area contributed by atoms with Crippen LogP contribution in [0.3, 0.4) is 0 Å². The van der Waals surface area contributed by atoms with Crippen LogP contribution in [0.15, 0.2) is 24.1 Å². The number of halogens is 2. The first-order chi connectivity index (χ1) is 4.55.